The Morgan fingerprint density at radius 2 is 2.06 bits per heavy atom. The number of hydrogen-bond donors (Lipinski definition) is 0. The van der Waals surface area contributed by atoms with Crippen LogP contribution in [0.3, 0.4) is 0 Å². The van der Waals surface area contributed by atoms with Crippen LogP contribution in [-0.4, -0.2) is 5.78 Å². The molecule has 1 aliphatic carbocycles. The fourth-order valence-corrected chi connectivity index (χ4v) is 2.48. The van der Waals surface area contributed by atoms with Gasteiger partial charge in [0.15, 0.2) is 0 Å². The molecule has 0 aliphatic heterocycles. The lowest BCUT2D eigenvalue weighted by Crippen LogP contribution is -2.25. The summed E-state index contributed by atoms with van der Waals surface area (Å²) in [5.41, 5.74) is 0.630. The van der Waals surface area contributed by atoms with Gasteiger partial charge in [-0.25, -0.2) is 4.39 Å². The second-order valence-electron chi connectivity index (χ2n) is 5.00. The predicted octanol–water partition coefficient (Wildman–Crippen LogP) is 3.52. The molecule has 1 aromatic carbocycles. The Morgan fingerprint density at radius 3 is 2.69 bits per heavy atom. The van der Waals surface area contributed by atoms with E-state index < -0.39 is 0 Å². The van der Waals surface area contributed by atoms with Gasteiger partial charge in [-0.15, -0.1) is 0 Å². The van der Waals surface area contributed by atoms with Crippen molar-refractivity contribution in [2.24, 2.45) is 5.41 Å². The Morgan fingerprint density at radius 1 is 1.38 bits per heavy atom. The van der Waals surface area contributed by atoms with Crippen LogP contribution in [0, 0.1) is 11.2 Å². The van der Waals surface area contributed by atoms with Gasteiger partial charge in [-0.1, -0.05) is 31.9 Å². The third-order valence-corrected chi connectivity index (χ3v) is 3.63. The third kappa shape index (κ3) is 2.31. The van der Waals surface area contributed by atoms with E-state index in [1.165, 1.54) is 12.1 Å². The summed E-state index contributed by atoms with van der Waals surface area (Å²) in [6.07, 6.45) is 4.63. The quantitative estimate of drug-likeness (QED) is 0.761. The maximum Gasteiger partial charge on any atom is 0.143 e. The third-order valence-electron chi connectivity index (χ3n) is 3.63. The van der Waals surface area contributed by atoms with Crippen LogP contribution in [0.5, 0.6) is 0 Å². The average molecular weight is 220 g/mol. The molecule has 0 aromatic heterocycles. The molecule has 0 radical (unpaired) electrons. The summed E-state index contributed by atoms with van der Waals surface area (Å²) in [6.45, 7) is 2.04. The van der Waals surface area contributed by atoms with Gasteiger partial charge in [0, 0.05) is 11.8 Å². The molecule has 0 saturated heterocycles. The Hall–Kier alpha value is -1.18. The van der Waals surface area contributed by atoms with Crippen LogP contribution in [0.15, 0.2) is 24.3 Å². The van der Waals surface area contributed by atoms with Gasteiger partial charge in [-0.2, -0.15) is 0 Å². The van der Waals surface area contributed by atoms with Crippen molar-refractivity contribution in [2.75, 3.05) is 0 Å². The molecule has 0 heterocycles. The van der Waals surface area contributed by atoms with Gasteiger partial charge < -0.3 is 0 Å². The molecular formula is C14H17FO. The van der Waals surface area contributed by atoms with Gasteiger partial charge in [-0.05, 0) is 30.5 Å². The monoisotopic (exact) mass is 220 g/mol. The summed E-state index contributed by atoms with van der Waals surface area (Å²) in [5.74, 6) is -0.00234. The Kier molecular flexibility index (Phi) is 3.08. The van der Waals surface area contributed by atoms with Crippen molar-refractivity contribution in [3.05, 3.63) is 35.6 Å². The highest BCUT2D eigenvalue weighted by atomic mass is 19.1. The maximum atomic E-state index is 13.0. The number of rotatable bonds is 3. The van der Waals surface area contributed by atoms with E-state index in [-0.39, 0.29) is 17.0 Å². The number of halogens is 1. The molecule has 1 nitrogen and oxygen atoms in total. The van der Waals surface area contributed by atoms with Gasteiger partial charge in [-0.3, -0.25) is 4.79 Å². The zero-order chi connectivity index (χ0) is 11.6. The number of benzene rings is 1. The number of ketones is 1. The molecule has 1 aliphatic rings. The van der Waals surface area contributed by atoms with Gasteiger partial charge in [0.1, 0.15) is 11.6 Å². The number of hydrogen-bond acceptors (Lipinski definition) is 1. The van der Waals surface area contributed by atoms with Crippen LogP contribution in [0.25, 0.3) is 0 Å². The zero-order valence-electron chi connectivity index (χ0n) is 9.63. The SMILES string of the molecule is CC1(C(=O)Cc2cccc(F)c2)CCCC1. The molecule has 0 amide bonds. The summed E-state index contributed by atoms with van der Waals surface area (Å²) in [4.78, 5) is 12.1. The first-order valence-electron chi connectivity index (χ1n) is 5.88. The molecule has 1 fully saturated rings. The minimum atomic E-state index is -0.262. The second-order valence-corrected chi connectivity index (χ2v) is 5.00. The lowest BCUT2D eigenvalue weighted by molar-refractivity contribution is -0.126. The van der Waals surface area contributed by atoms with Crippen molar-refractivity contribution in [3.63, 3.8) is 0 Å². The van der Waals surface area contributed by atoms with Crippen molar-refractivity contribution in [1.29, 1.82) is 0 Å². The minimum Gasteiger partial charge on any atom is -0.299 e. The van der Waals surface area contributed by atoms with Crippen LogP contribution in [-0.2, 0) is 11.2 Å². The smallest absolute Gasteiger partial charge is 0.143 e. The number of carbonyl (C=O) groups is 1. The molecule has 2 heteroatoms. The van der Waals surface area contributed by atoms with Crippen molar-refractivity contribution in [3.8, 4) is 0 Å². The van der Waals surface area contributed by atoms with Crippen molar-refractivity contribution >= 4 is 5.78 Å². The fourth-order valence-electron chi connectivity index (χ4n) is 2.48. The first-order valence-corrected chi connectivity index (χ1v) is 5.88. The molecular weight excluding hydrogens is 203 g/mol. The predicted molar refractivity (Wildman–Crippen MR) is 61.7 cm³/mol. The summed E-state index contributed by atoms with van der Waals surface area (Å²) in [5, 5.41) is 0. The highest BCUT2D eigenvalue weighted by Crippen LogP contribution is 2.39. The molecule has 0 unspecified atom stereocenters. The Labute approximate surface area is 95.7 Å². The van der Waals surface area contributed by atoms with Crippen molar-refractivity contribution in [2.45, 2.75) is 39.0 Å². The maximum absolute atomic E-state index is 13.0. The van der Waals surface area contributed by atoms with Crippen LogP contribution < -0.4 is 0 Å². The molecule has 16 heavy (non-hydrogen) atoms. The van der Waals surface area contributed by atoms with Gasteiger partial charge in [0.05, 0.1) is 0 Å². The number of Topliss-reactive ketones (excluding diaryl/α,β-unsaturated/α-hetero) is 1. The molecule has 1 saturated carbocycles. The summed E-state index contributed by atoms with van der Waals surface area (Å²) in [6, 6.07) is 6.34. The lowest BCUT2D eigenvalue weighted by atomic mass is 9.81. The van der Waals surface area contributed by atoms with E-state index in [1.807, 2.05) is 13.0 Å². The van der Waals surface area contributed by atoms with E-state index in [0.717, 1.165) is 31.2 Å². The molecule has 0 bridgehead atoms. The Bertz CT molecular complexity index is 391. The van der Waals surface area contributed by atoms with Crippen molar-refractivity contribution in [1.82, 2.24) is 0 Å². The van der Waals surface area contributed by atoms with Gasteiger partial charge in [0.2, 0.25) is 0 Å². The van der Waals surface area contributed by atoms with Crippen LogP contribution in [0.1, 0.15) is 38.2 Å². The lowest BCUT2D eigenvalue weighted by Gasteiger charge is -2.21. The molecule has 0 spiro atoms. The Balaban J connectivity index is 2.07. The topological polar surface area (TPSA) is 17.1 Å². The van der Waals surface area contributed by atoms with Gasteiger partial charge >= 0.3 is 0 Å². The molecule has 0 atom stereocenters. The highest BCUT2D eigenvalue weighted by Gasteiger charge is 2.35. The standard InChI is InChI=1S/C14H17FO/c1-14(7-2-3-8-14)13(16)10-11-5-4-6-12(15)9-11/h4-6,9H,2-3,7-8,10H2,1H3. The van der Waals surface area contributed by atoms with E-state index in [4.69, 9.17) is 0 Å². The van der Waals surface area contributed by atoms with Crippen molar-refractivity contribution < 1.29 is 9.18 Å². The highest BCUT2D eigenvalue weighted by molar-refractivity contribution is 5.86. The van der Waals surface area contributed by atoms with E-state index in [2.05, 4.69) is 0 Å². The van der Waals surface area contributed by atoms with E-state index in [0.29, 0.717) is 6.42 Å². The van der Waals surface area contributed by atoms with Crippen LogP contribution in [0.2, 0.25) is 0 Å². The first-order chi connectivity index (χ1) is 7.60. The van der Waals surface area contributed by atoms with E-state index >= 15 is 0 Å². The van der Waals surface area contributed by atoms with Gasteiger partial charge in [0.25, 0.3) is 0 Å². The molecule has 1 aromatic rings. The summed E-state index contributed by atoms with van der Waals surface area (Å²) >= 11 is 0. The normalized spacial score (nSPS) is 18.6. The molecule has 86 valence electrons. The largest absolute Gasteiger partial charge is 0.299 e. The fraction of sp³-hybridized carbons (Fsp3) is 0.500. The zero-order valence-corrected chi connectivity index (χ0v) is 9.63. The average Bonchev–Trinajstić information content (AvgIpc) is 2.66. The van der Waals surface area contributed by atoms with E-state index in [1.54, 1.807) is 6.07 Å². The number of carbonyl (C=O) groups excluding carboxylic acids is 1. The summed E-state index contributed by atoms with van der Waals surface area (Å²) in [7, 11) is 0. The first kappa shape index (κ1) is 11.3. The van der Waals surface area contributed by atoms with Crippen LogP contribution >= 0.6 is 0 Å². The minimum absolute atomic E-state index is 0.160. The molecule has 0 N–H and O–H groups in total. The van der Waals surface area contributed by atoms with Crippen LogP contribution in [0.4, 0.5) is 4.39 Å². The summed E-state index contributed by atoms with van der Waals surface area (Å²) < 4.78 is 13.0. The second kappa shape index (κ2) is 4.36. The molecule has 2 rings (SSSR count). The van der Waals surface area contributed by atoms with E-state index in [9.17, 15) is 9.18 Å².